The fourth-order valence-electron chi connectivity index (χ4n) is 3.24. The van der Waals surface area contributed by atoms with Gasteiger partial charge in [-0.2, -0.15) is 0 Å². The van der Waals surface area contributed by atoms with Gasteiger partial charge in [-0.3, -0.25) is 19.8 Å². The number of non-ortho nitro benzene ring substituents is 1. The molecule has 0 saturated heterocycles. The SMILES string of the molecule is O=C1C(Nc2ccccc2)=C[C@@H](c2ccc([N+](=O)[O-])cc2)N1c1ccccc1. The van der Waals surface area contributed by atoms with Gasteiger partial charge < -0.3 is 5.32 Å². The molecular formula is C22H17N3O3. The Bertz CT molecular complexity index is 1030. The van der Waals surface area contributed by atoms with Gasteiger partial charge in [-0.15, -0.1) is 0 Å². The maximum atomic E-state index is 13.2. The Morgan fingerprint density at radius 1 is 0.857 bits per heavy atom. The molecule has 0 aliphatic carbocycles. The third kappa shape index (κ3) is 3.35. The number of nitro benzene ring substituents is 1. The minimum atomic E-state index is -0.434. The van der Waals surface area contributed by atoms with Gasteiger partial charge in [-0.25, -0.2) is 0 Å². The number of anilines is 2. The Labute approximate surface area is 161 Å². The second-order valence-electron chi connectivity index (χ2n) is 6.38. The average molecular weight is 371 g/mol. The van der Waals surface area contributed by atoms with E-state index in [4.69, 9.17) is 0 Å². The van der Waals surface area contributed by atoms with Gasteiger partial charge >= 0.3 is 0 Å². The highest BCUT2D eigenvalue weighted by Gasteiger charge is 2.34. The van der Waals surface area contributed by atoms with Crippen LogP contribution >= 0.6 is 0 Å². The highest BCUT2D eigenvalue weighted by atomic mass is 16.6. The lowest BCUT2D eigenvalue weighted by atomic mass is 10.1. The molecule has 6 nitrogen and oxygen atoms in total. The molecule has 3 aromatic carbocycles. The first-order valence-electron chi connectivity index (χ1n) is 8.80. The van der Waals surface area contributed by atoms with Gasteiger partial charge in [0, 0.05) is 23.5 Å². The number of para-hydroxylation sites is 2. The van der Waals surface area contributed by atoms with Crippen molar-refractivity contribution in [1.82, 2.24) is 0 Å². The maximum Gasteiger partial charge on any atom is 0.275 e. The summed E-state index contributed by atoms with van der Waals surface area (Å²) in [4.78, 5) is 25.4. The van der Waals surface area contributed by atoms with E-state index in [1.54, 1.807) is 17.0 Å². The van der Waals surface area contributed by atoms with Crippen LogP contribution in [0.5, 0.6) is 0 Å². The van der Waals surface area contributed by atoms with Crippen molar-refractivity contribution in [3.05, 3.63) is 112 Å². The molecule has 1 aliphatic heterocycles. The van der Waals surface area contributed by atoms with Crippen LogP contribution in [0, 0.1) is 10.1 Å². The Hall–Kier alpha value is -3.93. The van der Waals surface area contributed by atoms with Crippen LogP contribution in [0.25, 0.3) is 0 Å². The van der Waals surface area contributed by atoms with Crippen molar-refractivity contribution in [3.63, 3.8) is 0 Å². The molecule has 1 amide bonds. The molecule has 28 heavy (non-hydrogen) atoms. The molecule has 0 unspecified atom stereocenters. The predicted molar refractivity (Wildman–Crippen MR) is 108 cm³/mol. The van der Waals surface area contributed by atoms with E-state index in [-0.39, 0.29) is 17.6 Å². The van der Waals surface area contributed by atoms with E-state index in [1.165, 1.54) is 12.1 Å². The zero-order valence-electron chi connectivity index (χ0n) is 14.9. The highest BCUT2D eigenvalue weighted by Crippen LogP contribution is 2.36. The third-order valence-electron chi connectivity index (χ3n) is 4.58. The van der Waals surface area contributed by atoms with E-state index in [2.05, 4.69) is 5.32 Å². The second-order valence-corrected chi connectivity index (χ2v) is 6.38. The van der Waals surface area contributed by atoms with E-state index >= 15 is 0 Å². The molecule has 0 bridgehead atoms. The zero-order valence-corrected chi connectivity index (χ0v) is 14.9. The Morgan fingerprint density at radius 3 is 2.07 bits per heavy atom. The summed E-state index contributed by atoms with van der Waals surface area (Å²) in [5.74, 6) is -0.154. The number of carbonyl (C=O) groups excluding carboxylic acids is 1. The topological polar surface area (TPSA) is 75.5 Å². The van der Waals surface area contributed by atoms with Crippen LogP contribution in [0.2, 0.25) is 0 Å². The van der Waals surface area contributed by atoms with Crippen LogP contribution in [0.3, 0.4) is 0 Å². The van der Waals surface area contributed by atoms with E-state index < -0.39 is 4.92 Å². The summed E-state index contributed by atoms with van der Waals surface area (Å²) in [7, 11) is 0. The summed E-state index contributed by atoms with van der Waals surface area (Å²) >= 11 is 0. The Balaban J connectivity index is 1.72. The molecule has 6 heteroatoms. The van der Waals surface area contributed by atoms with Crippen molar-refractivity contribution < 1.29 is 9.72 Å². The molecule has 4 rings (SSSR count). The van der Waals surface area contributed by atoms with Gasteiger partial charge in [-0.1, -0.05) is 36.4 Å². The number of nitro groups is 1. The number of hydrogen-bond donors (Lipinski definition) is 1. The lowest BCUT2D eigenvalue weighted by Gasteiger charge is -2.25. The van der Waals surface area contributed by atoms with Gasteiger partial charge in [0.05, 0.1) is 11.0 Å². The largest absolute Gasteiger partial charge is 0.351 e. The van der Waals surface area contributed by atoms with Crippen molar-refractivity contribution in [1.29, 1.82) is 0 Å². The monoisotopic (exact) mass is 371 g/mol. The fraction of sp³-hybridized carbons (Fsp3) is 0.0455. The smallest absolute Gasteiger partial charge is 0.275 e. The summed E-state index contributed by atoms with van der Waals surface area (Å²) in [6.07, 6.45) is 1.85. The molecule has 3 aromatic rings. The number of nitrogens with one attached hydrogen (secondary N) is 1. The predicted octanol–water partition coefficient (Wildman–Crippen LogP) is 4.68. The number of rotatable bonds is 5. The molecule has 0 radical (unpaired) electrons. The molecule has 1 N–H and O–H groups in total. The third-order valence-corrected chi connectivity index (χ3v) is 4.58. The minimum Gasteiger partial charge on any atom is -0.351 e. The first kappa shape index (κ1) is 17.5. The number of hydrogen-bond acceptors (Lipinski definition) is 4. The Morgan fingerprint density at radius 2 is 1.46 bits per heavy atom. The number of carbonyl (C=O) groups is 1. The summed E-state index contributed by atoms with van der Waals surface area (Å²) in [6, 6.07) is 24.8. The van der Waals surface area contributed by atoms with E-state index in [0.29, 0.717) is 5.70 Å². The first-order chi connectivity index (χ1) is 13.6. The van der Waals surface area contributed by atoms with Gasteiger partial charge in [-0.05, 0) is 48.0 Å². The average Bonchev–Trinajstić information content (AvgIpc) is 3.05. The van der Waals surface area contributed by atoms with E-state index in [0.717, 1.165) is 16.9 Å². The summed E-state index contributed by atoms with van der Waals surface area (Å²) < 4.78 is 0. The Kier molecular flexibility index (Phi) is 4.60. The quantitative estimate of drug-likeness (QED) is 0.522. The van der Waals surface area contributed by atoms with Gasteiger partial charge in [0.1, 0.15) is 5.70 Å². The number of amides is 1. The fourth-order valence-corrected chi connectivity index (χ4v) is 3.24. The normalized spacial score (nSPS) is 16.0. The minimum absolute atomic E-state index is 0.0194. The molecule has 1 aliphatic rings. The summed E-state index contributed by atoms with van der Waals surface area (Å²) in [5.41, 5.74) is 2.87. The first-order valence-corrected chi connectivity index (χ1v) is 8.80. The summed E-state index contributed by atoms with van der Waals surface area (Å²) in [6.45, 7) is 0. The van der Waals surface area contributed by atoms with Crippen LogP contribution in [0.15, 0.2) is 96.7 Å². The maximum absolute atomic E-state index is 13.2. The summed E-state index contributed by atoms with van der Waals surface area (Å²) in [5, 5.41) is 14.1. The van der Waals surface area contributed by atoms with Crippen molar-refractivity contribution >= 4 is 23.0 Å². The van der Waals surface area contributed by atoms with E-state index in [9.17, 15) is 14.9 Å². The standard InChI is InChI=1S/C22H17N3O3/c26-22-20(23-17-7-3-1-4-8-17)15-21(24(22)18-9-5-2-6-10-18)16-11-13-19(14-12-16)25(27)28/h1-15,21,23H/t21-/m0/s1. The van der Waals surface area contributed by atoms with Crippen LogP contribution in [0.4, 0.5) is 17.1 Å². The van der Waals surface area contributed by atoms with Crippen molar-refractivity contribution in [2.75, 3.05) is 10.2 Å². The van der Waals surface area contributed by atoms with E-state index in [1.807, 2.05) is 66.7 Å². The molecule has 0 aromatic heterocycles. The van der Waals surface area contributed by atoms with Crippen LogP contribution in [-0.4, -0.2) is 10.8 Å². The highest BCUT2D eigenvalue weighted by molar-refractivity contribution is 6.11. The van der Waals surface area contributed by atoms with Crippen molar-refractivity contribution in [3.8, 4) is 0 Å². The van der Waals surface area contributed by atoms with Crippen LogP contribution < -0.4 is 10.2 Å². The molecule has 0 fully saturated rings. The number of benzene rings is 3. The second kappa shape index (κ2) is 7.36. The molecular weight excluding hydrogens is 354 g/mol. The van der Waals surface area contributed by atoms with Gasteiger partial charge in [0.15, 0.2) is 0 Å². The van der Waals surface area contributed by atoms with Crippen LogP contribution in [0.1, 0.15) is 11.6 Å². The molecule has 138 valence electrons. The molecule has 0 saturated carbocycles. The molecule has 0 spiro atoms. The van der Waals surface area contributed by atoms with Gasteiger partial charge in [0.25, 0.3) is 11.6 Å². The van der Waals surface area contributed by atoms with Crippen molar-refractivity contribution in [2.45, 2.75) is 6.04 Å². The van der Waals surface area contributed by atoms with Crippen molar-refractivity contribution in [2.24, 2.45) is 0 Å². The molecule has 1 atom stereocenters. The molecule has 1 heterocycles. The number of nitrogens with zero attached hydrogens (tertiary/aromatic N) is 2. The lowest BCUT2D eigenvalue weighted by Crippen LogP contribution is -2.30. The van der Waals surface area contributed by atoms with Gasteiger partial charge in [0.2, 0.25) is 0 Å². The van der Waals surface area contributed by atoms with Crippen LogP contribution in [-0.2, 0) is 4.79 Å². The lowest BCUT2D eigenvalue weighted by molar-refractivity contribution is -0.384. The zero-order chi connectivity index (χ0) is 19.5.